The van der Waals surface area contributed by atoms with Gasteiger partial charge in [-0.2, -0.15) is 0 Å². The molecule has 100 valence electrons. The SMILES string of the molecule is O=C(O)CNC(=O)C(=O)CSC(=O)c1ccccc1. The number of benzene rings is 1. The van der Waals surface area contributed by atoms with E-state index in [1.165, 1.54) is 0 Å². The van der Waals surface area contributed by atoms with Crippen molar-refractivity contribution in [3.63, 3.8) is 0 Å². The molecule has 1 rings (SSSR count). The first-order chi connectivity index (χ1) is 9.00. The predicted octanol–water partition coefficient (Wildman–Crippen LogP) is 0.330. The molecule has 1 aromatic carbocycles. The van der Waals surface area contributed by atoms with Crippen LogP contribution in [-0.4, -0.2) is 40.2 Å². The highest BCUT2D eigenvalue weighted by Gasteiger charge is 2.16. The summed E-state index contributed by atoms with van der Waals surface area (Å²) in [6.07, 6.45) is 0. The average Bonchev–Trinajstić information content (AvgIpc) is 2.42. The number of thioether (sulfide) groups is 1. The van der Waals surface area contributed by atoms with Gasteiger partial charge in [0.15, 0.2) is 0 Å². The van der Waals surface area contributed by atoms with E-state index in [1.54, 1.807) is 30.3 Å². The standard InChI is InChI=1S/C12H11NO5S/c14-9(11(17)13-6-10(15)16)7-19-12(18)8-4-2-1-3-5-8/h1-5H,6-7H2,(H,13,17)(H,15,16). The molecule has 0 aliphatic heterocycles. The van der Waals surface area contributed by atoms with Crippen LogP contribution in [0.25, 0.3) is 0 Å². The number of carboxylic acid groups (broad SMARTS) is 1. The van der Waals surface area contributed by atoms with Gasteiger partial charge in [-0.15, -0.1) is 0 Å². The minimum absolute atomic E-state index is 0.319. The van der Waals surface area contributed by atoms with Crippen LogP contribution in [0.5, 0.6) is 0 Å². The predicted molar refractivity (Wildman–Crippen MR) is 68.9 cm³/mol. The maximum absolute atomic E-state index is 11.6. The molecule has 0 atom stereocenters. The molecule has 0 saturated heterocycles. The van der Waals surface area contributed by atoms with Crippen molar-refractivity contribution >= 4 is 34.5 Å². The number of carbonyl (C=O) groups is 4. The van der Waals surface area contributed by atoms with Crippen LogP contribution in [0.3, 0.4) is 0 Å². The maximum Gasteiger partial charge on any atom is 0.322 e. The molecule has 0 bridgehead atoms. The van der Waals surface area contributed by atoms with Crippen molar-refractivity contribution in [3.05, 3.63) is 35.9 Å². The number of carboxylic acids is 1. The quantitative estimate of drug-likeness (QED) is 0.729. The Labute approximate surface area is 113 Å². The lowest BCUT2D eigenvalue weighted by Gasteiger charge is -2.01. The van der Waals surface area contributed by atoms with E-state index in [-0.39, 0.29) is 10.9 Å². The molecule has 0 fully saturated rings. The van der Waals surface area contributed by atoms with Gasteiger partial charge in [0.2, 0.25) is 10.9 Å². The van der Waals surface area contributed by atoms with E-state index >= 15 is 0 Å². The second kappa shape index (κ2) is 7.32. The zero-order valence-corrected chi connectivity index (χ0v) is 10.6. The number of Topliss-reactive ketones (excluding diaryl/α,β-unsaturated/α-hetero) is 1. The smallest absolute Gasteiger partial charge is 0.322 e. The topological polar surface area (TPSA) is 101 Å². The van der Waals surface area contributed by atoms with E-state index in [4.69, 9.17) is 5.11 Å². The normalized spacial score (nSPS) is 9.68. The Bertz CT molecular complexity index is 500. The third kappa shape index (κ3) is 5.35. The summed E-state index contributed by atoms with van der Waals surface area (Å²) in [6, 6.07) is 8.34. The van der Waals surface area contributed by atoms with Crippen molar-refractivity contribution < 1.29 is 24.3 Å². The van der Waals surface area contributed by atoms with Crippen LogP contribution >= 0.6 is 11.8 Å². The fourth-order valence-corrected chi connectivity index (χ4v) is 1.80. The lowest BCUT2D eigenvalue weighted by atomic mass is 10.2. The van der Waals surface area contributed by atoms with Crippen molar-refractivity contribution in [1.82, 2.24) is 5.32 Å². The fraction of sp³-hybridized carbons (Fsp3) is 0.167. The second-order valence-corrected chi connectivity index (χ2v) is 4.39. The Hall–Kier alpha value is -2.15. The summed E-state index contributed by atoms with van der Waals surface area (Å²) in [5, 5.41) is 9.94. The number of carbonyl (C=O) groups excluding carboxylic acids is 3. The van der Waals surface area contributed by atoms with Gasteiger partial charge < -0.3 is 10.4 Å². The molecule has 0 spiro atoms. The summed E-state index contributed by atoms with van der Waals surface area (Å²) in [5.41, 5.74) is 0.436. The zero-order chi connectivity index (χ0) is 14.3. The first-order valence-electron chi connectivity index (χ1n) is 5.25. The van der Waals surface area contributed by atoms with E-state index in [1.807, 2.05) is 5.32 Å². The molecule has 0 saturated carbocycles. The molecule has 1 amide bonds. The van der Waals surface area contributed by atoms with Gasteiger partial charge in [-0.3, -0.25) is 19.2 Å². The van der Waals surface area contributed by atoms with Crippen LogP contribution in [0.1, 0.15) is 10.4 Å². The third-order valence-corrected chi connectivity index (χ3v) is 2.90. The Morgan fingerprint density at radius 3 is 2.32 bits per heavy atom. The van der Waals surface area contributed by atoms with E-state index in [9.17, 15) is 19.2 Å². The highest BCUT2D eigenvalue weighted by molar-refractivity contribution is 8.14. The van der Waals surface area contributed by atoms with Gasteiger partial charge in [0.05, 0.1) is 5.75 Å². The number of hydrogen-bond acceptors (Lipinski definition) is 5. The number of amides is 1. The van der Waals surface area contributed by atoms with E-state index in [0.29, 0.717) is 17.3 Å². The average molecular weight is 281 g/mol. The number of hydrogen-bond donors (Lipinski definition) is 2. The van der Waals surface area contributed by atoms with Gasteiger partial charge in [0.1, 0.15) is 6.54 Å². The van der Waals surface area contributed by atoms with Crippen LogP contribution < -0.4 is 5.32 Å². The molecule has 0 aliphatic carbocycles. The van der Waals surface area contributed by atoms with Gasteiger partial charge in [-0.05, 0) is 0 Å². The molecule has 2 N–H and O–H groups in total. The van der Waals surface area contributed by atoms with Gasteiger partial charge in [0, 0.05) is 5.56 Å². The molecule has 0 aliphatic rings. The minimum Gasteiger partial charge on any atom is -0.480 e. The van der Waals surface area contributed by atoms with E-state index in [2.05, 4.69) is 0 Å². The highest BCUT2D eigenvalue weighted by atomic mass is 32.2. The summed E-state index contributed by atoms with van der Waals surface area (Å²) in [5.74, 6) is -3.40. The molecule has 7 heteroatoms. The number of aliphatic carboxylic acids is 1. The molecule has 1 aromatic rings. The third-order valence-electron chi connectivity index (χ3n) is 2.00. The summed E-state index contributed by atoms with van der Waals surface area (Å²) in [7, 11) is 0. The van der Waals surface area contributed by atoms with Crippen LogP contribution in [0, 0.1) is 0 Å². The largest absolute Gasteiger partial charge is 0.480 e. The summed E-state index contributed by atoms with van der Waals surface area (Å²) in [6.45, 7) is -0.623. The Morgan fingerprint density at radius 2 is 1.74 bits per heavy atom. The van der Waals surface area contributed by atoms with Crippen molar-refractivity contribution in [3.8, 4) is 0 Å². The van der Waals surface area contributed by atoms with Gasteiger partial charge in [-0.25, -0.2) is 0 Å². The molecule has 0 heterocycles. The van der Waals surface area contributed by atoms with Gasteiger partial charge in [0.25, 0.3) is 5.91 Å². The monoisotopic (exact) mass is 281 g/mol. The number of ketones is 1. The Morgan fingerprint density at radius 1 is 1.11 bits per heavy atom. The molecule has 0 aromatic heterocycles. The zero-order valence-electron chi connectivity index (χ0n) is 9.79. The summed E-state index contributed by atoms with van der Waals surface area (Å²) >= 11 is 0.703. The van der Waals surface area contributed by atoms with Gasteiger partial charge >= 0.3 is 5.97 Å². The molecule has 19 heavy (non-hydrogen) atoms. The van der Waals surface area contributed by atoms with Gasteiger partial charge in [-0.1, -0.05) is 42.1 Å². The first kappa shape index (κ1) is 14.9. The first-order valence-corrected chi connectivity index (χ1v) is 6.24. The molecule has 0 unspecified atom stereocenters. The molecule has 6 nitrogen and oxygen atoms in total. The Balaban J connectivity index is 2.40. The van der Waals surface area contributed by atoms with Crippen molar-refractivity contribution in [2.75, 3.05) is 12.3 Å². The van der Waals surface area contributed by atoms with Crippen molar-refractivity contribution in [2.24, 2.45) is 0 Å². The lowest BCUT2D eigenvalue weighted by Crippen LogP contribution is -2.35. The van der Waals surface area contributed by atoms with Crippen molar-refractivity contribution in [1.29, 1.82) is 0 Å². The second-order valence-electron chi connectivity index (χ2n) is 3.44. The maximum atomic E-state index is 11.6. The lowest BCUT2D eigenvalue weighted by molar-refractivity contribution is -0.140. The van der Waals surface area contributed by atoms with Crippen LogP contribution in [-0.2, 0) is 14.4 Å². The highest BCUT2D eigenvalue weighted by Crippen LogP contribution is 2.11. The van der Waals surface area contributed by atoms with Crippen LogP contribution in [0.2, 0.25) is 0 Å². The summed E-state index contributed by atoms with van der Waals surface area (Å²) < 4.78 is 0. The minimum atomic E-state index is -1.24. The van der Waals surface area contributed by atoms with E-state index < -0.39 is 24.2 Å². The molecular formula is C12H11NO5S. The van der Waals surface area contributed by atoms with Crippen LogP contribution in [0.15, 0.2) is 30.3 Å². The fourth-order valence-electron chi connectivity index (χ4n) is 1.11. The molecular weight excluding hydrogens is 270 g/mol. The van der Waals surface area contributed by atoms with Crippen LogP contribution in [0.4, 0.5) is 0 Å². The summed E-state index contributed by atoms with van der Waals surface area (Å²) in [4.78, 5) is 44.3. The number of nitrogens with one attached hydrogen (secondary N) is 1. The van der Waals surface area contributed by atoms with Crippen molar-refractivity contribution in [2.45, 2.75) is 0 Å². The van der Waals surface area contributed by atoms with E-state index in [0.717, 1.165) is 0 Å². The number of rotatable bonds is 6. The Kier molecular flexibility index (Phi) is 5.74. The molecule has 0 radical (unpaired) electrons.